The summed E-state index contributed by atoms with van der Waals surface area (Å²) in [6, 6.07) is 27.3. The van der Waals surface area contributed by atoms with E-state index in [1.54, 1.807) is 0 Å². The zero-order valence-electron chi connectivity index (χ0n) is 11.5. The molecular formula is C20H15Br. The Hall–Kier alpha value is -2.12. The third-order valence-electron chi connectivity index (χ3n) is 3.36. The molecule has 0 bridgehead atoms. The first-order valence-electron chi connectivity index (χ1n) is 6.90. The maximum Gasteiger partial charge on any atom is 0.0175 e. The molecular weight excluding hydrogens is 320 g/mol. The van der Waals surface area contributed by atoms with Crippen molar-refractivity contribution in [3.63, 3.8) is 0 Å². The molecule has 0 aromatic heterocycles. The van der Waals surface area contributed by atoms with Gasteiger partial charge in [-0.15, -0.1) is 0 Å². The van der Waals surface area contributed by atoms with Gasteiger partial charge in [-0.1, -0.05) is 94.8 Å². The lowest BCUT2D eigenvalue weighted by Gasteiger charge is -2.02. The van der Waals surface area contributed by atoms with E-state index in [2.05, 4.69) is 101 Å². The van der Waals surface area contributed by atoms with Crippen LogP contribution in [0.15, 0.2) is 83.3 Å². The van der Waals surface area contributed by atoms with E-state index in [-0.39, 0.29) is 0 Å². The second-order valence-electron chi connectivity index (χ2n) is 4.87. The SMILES string of the molecule is Brc1ccc(-c2ccc(C=Cc3ccccc3)cc2)cc1. The highest BCUT2D eigenvalue weighted by Crippen LogP contribution is 2.22. The van der Waals surface area contributed by atoms with Crippen molar-refractivity contribution in [2.24, 2.45) is 0 Å². The van der Waals surface area contributed by atoms with E-state index in [1.165, 1.54) is 22.3 Å². The Morgan fingerprint density at radius 2 is 1.00 bits per heavy atom. The monoisotopic (exact) mass is 334 g/mol. The smallest absolute Gasteiger partial charge is 0.0175 e. The average Bonchev–Trinajstić information content (AvgIpc) is 2.55. The summed E-state index contributed by atoms with van der Waals surface area (Å²) in [5.74, 6) is 0. The molecule has 0 radical (unpaired) electrons. The third kappa shape index (κ3) is 3.71. The van der Waals surface area contributed by atoms with Gasteiger partial charge in [0.15, 0.2) is 0 Å². The van der Waals surface area contributed by atoms with Gasteiger partial charge in [-0.3, -0.25) is 0 Å². The minimum Gasteiger partial charge on any atom is -0.0622 e. The standard InChI is InChI=1S/C20H15Br/c21-20-14-12-19(13-15-20)18-10-8-17(9-11-18)7-6-16-4-2-1-3-5-16/h1-15H. The fourth-order valence-electron chi connectivity index (χ4n) is 2.19. The fraction of sp³-hybridized carbons (Fsp3) is 0. The molecule has 102 valence electrons. The quantitative estimate of drug-likeness (QED) is 0.494. The lowest BCUT2D eigenvalue weighted by Crippen LogP contribution is -1.78. The molecule has 0 saturated carbocycles. The number of benzene rings is 3. The summed E-state index contributed by atoms with van der Waals surface area (Å²) < 4.78 is 1.11. The topological polar surface area (TPSA) is 0 Å². The molecule has 0 atom stereocenters. The highest BCUT2D eigenvalue weighted by molar-refractivity contribution is 9.10. The van der Waals surface area contributed by atoms with Crippen LogP contribution in [0.1, 0.15) is 11.1 Å². The van der Waals surface area contributed by atoms with Gasteiger partial charge in [0.25, 0.3) is 0 Å². The van der Waals surface area contributed by atoms with Crippen LogP contribution in [0.25, 0.3) is 23.3 Å². The predicted octanol–water partition coefficient (Wildman–Crippen LogP) is 6.29. The molecule has 0 aliphatic heterocycles. The van der Waals surface area contributed by atoms with E-state index in [0.29, 0.717) is 0 Å². The normalized spacial score (nSPS) is 10.9. The van der Waals surface area contributed by atoms with Gasteiger partial charge in [0, 0.05) is 4.47 Å². The summed E-state index contributed by atoms with van der Waals surface area (Å²) >= 11 is 3.46. The molecule has 1 heteroatoms. The van der Waals surface area contributed by atoms with E-state index >= 15 is 0 Å². The number of rotatable bonds is 3. The molecule has 21 heavy (non-hydrogen) atoms. The summed E-state index contributed by atoms with van der Waals surface area (Å²) in [6.07, 6.45) is 4.27. The van der Waals surface area contributed by atoms with Gasteiger partial charge in [0.2, 0.25) is 0 Å². The van der Waals surface area contributed by atoms with Crippen LogP contribution in [-0.2, 0) is 0 Å². The Morgan fingerprint density at radius 1 is 0.524 bits per heavy atom. The maximum atomic E-state index is 3.46. The minimum atomic E-state index is 1.11. The van der Waals surface area contributed by atoms with Crippen LogP contribution >= 0.6 is 15.9 Å². The lowest BCUT2D eigenvalue weighted by atomic mass is 10.0. The van der Waals surface area contributed by atoms with E-state index in [0.717, 1.165) is 4.47 Å². The van der Waals surface area contributed by atoms with Crippen LogP contribution in [0.5, 0.6) is 0 Å². The summed E-state index contributed by atoms with van der Waals surface area (Å²) in [5.41, 5.74) is 4.89. The molecule has 0 heterocycles. The van der Waals surface area contributed by atoms with Crippen LogP contribution in [0.3, 0.4) is 0 Å². The van der Waals surface area contributed by atoms with Crippen molar-refractivity contribution >= 4 is 28.1 Å². The number of hydrogen-bond donors (Lipinski definition) is 0. The Labute approximate surface area is 133 Å². The molecule has 0 amide bonds. The second-order valence-corrected chi connectivity index (χ2v) is 5.79. The van der Waals surface area contributed by atoms with Crippen molar-refractivity contribution in [1.82, 2.24) is 0 Å². The molecule has 0 spiro atoms. The second kappa shape index (κ2) is 6.55. The van der Waals surface area contributed by atoms with Crippen molar-refractivity contribution < 1.29 is 0 Å². The van der Waals surface area contributed by atoms with Crippen LogP contribution < -0.4 is 0 Å². The molecule has 0 N–H and O–H groups in total. The van der Waals surface area contributed by atoms with Crippen LogP contribution in [-0.4, -0.2) is 0 Å². The van der Waals surface area contributed by atoms with Crippen molar-refractivity contribution in [3.8, 4) is 11.1 Å². The highest BCUT2D eigenvalue weighted by atomic mass is 79.9. The first-order valence-corrected chi connectivity index (χ1v) is 7.70. The number of hydrogen-bond acceptors (Lipinski definition) is 0. The van der Waals surface area contributed by atoms with Crippen molar-refractivity contribution in [2.75, 3.05) is 0 Å². The van der Waals surface area contributed by atoms with Crippen molar-refractivity contribution in [2.45, 2.75) is 0 Å². The van der Waals surface area contributed by atoms with Crippen LogP contribution in [0.4, 0.5) is 0 Å². The van der Waals surface area contributed by atoms with E-state index in [1.807, 2.05) is 6.07 Å². The Balaban J connectivity index is 1.78. The van der Waals surface area contributed by atoms with Gasteiger partial charge in [0.05, 0.1) is 0 Å². The molecule has 0 unspecified atom stereocenters. The Bertz CT molecular complexity index is 723. The van der Waals surface area contributed by atoms with Gasteiger partial charge in [-0.25, -0.2) is 0 Å². The first kappa shape index (κ1) is 13.8. The summed E-state index contributed by atoms with van der Waals surface area (Å²) in [5, 5.41) is 0. The van der Waals surface area contributed by atoms with Crippen molar-refractivity contribution in [3.05, 3.63) is 94.5 Å². The molecule has 0 nitrogen and oxygen atoms in total. The Morgan fingerprint density at radius 3 is 1.57 bits per heavy atom. The summed E-state index contributed by atoms with van der Waals surface area (Å²) in [6.45, 7) is 0. The van der Waals surface area contributed by atoms with Gasteiger partial charge in [-0.05, 0) is 34.4 Å². The number of halogens is 1. The largest absolute Gasteiger partial charge is 0.0622 e. The maximum absolute atomic E-state index is 3.46. The van der Waals surface area contributed by atoms with Gasteiger partial charge in [0.1, 0.15) is 0 Å². The molecule has 0 aliphatic carbocycles. The third-order valence-corrected chi connectivity index (χ3v) is 3.88. The Kier molecular flexibility index (Phi) is 4.32. The van der Waals surface area contributed by atoms with Crippen LogP contribution in [0, 0.1) is 0 Å². The van der Waals surface area contributed by atoms with Gasteiger partial charge >= 0.3 is 0 Å². The van der Waals surface area contributed by atoms with Crippen LogP contribution in [0.2, 0.25) is 0 Å². The highest BCUT2D eigenvalue weighted by Gasteiger charge is 1.97. The molecule has 0 aliphatic rings. The first-order chi connectivity index (χ1) is 10.3. The fourth-order valence-corrected chi connectivity index (χ4v) is 2.45. The molecule has 0 saturated heterocycles. The minimum absolute atomic E-state index is 1.11. The van der Waals surface area contributed by atoms with Crippen molar-refractivity contribution in [1.29, 1.82) is 0 Å². The van der Waals surface area contributed by atoms with E-state index in [4.69, 9.17) is 0 Å². The average molecular weight is 335 g/mol. The zero-order valence-corrected chi connectivity index (χ0v) is 13.1. The molecule has 3 aromatic rings. The lowest BCUT2D eigenvalue weighted by molar-refractivity contribution is 1.58. The molecule has 3 aromatic carbocycles. The summed E-state index contributed by atoms with van der Waals surface area (Å²) in [7, 11) is 0. The zero-order chi connectivity index (χ0) is 14.5. The van der Waals surface area contributed by atoms with Gasteiger partial charge < -0.3 is 0 Å². The molecule has 0 fully saturated rings. The van der Waals surface area contributed by atoms with Gasteiger partial charge in [-0.2, -0.15) is 0 Å². The van der Waals surface area contributed by atoms with E-state index < -0.39 is 0 Å². The predicted molar refractivity (Wildman–Crippen MR) is 94.9 cm³/mol. The van der Waals surface area contributed by atoms with E-state index in [9.17, 15) is 0 Å². The molecule has 3 rings (SSSR count). The summed E-state index contributed by atoms with van der Waals surface area (Å²) in [4.78, 5) is 0.